The monoisotopic (exact) mass is 307 g/mol. The molecule has 0 fully saturated rings. The summed E-state index contributed by atoms with van der Waals surface area (Å²) in [4.78, 5) is 11.8. The maximum atomic E-state index is 11.8. The van der Waals surface area contributed by atoms with Crippen LogP contribution in [-0.4, -0.2) is 11.7 Å². The number of hydrogen-bond acceptors (Lipinski definition) is 4. The molecule has 0 aliphatic heterocycles. The molecule has 5 heteroatoms. The molecule has 0 aliphatic carbocycles. The van der Waals surface area contributed by atoms with E-state index in [0.29, 0.717) is 28.3 Å². The van der Waals surface area contributed by atoms with Crippen molar-refractivity contribution < 1.29 is 4.79 Å². The number of thioether (sulfide) groups is 1. The number of rotatable bonds is 5. The van der Waals surface area contributed by atoms with E-state index in [1.54, 1.807) is 30.3 Å². The maximum Gasteiger partial charge on any atom is 0.234 e. The Balaban J connectivity index is 1.80. The van der Waals surface area contributed by atoms with Gasteiger partial charge < -0.3 is 5.32 Å². The normalized spacial score (nSPS) is 9.55. The number of amides is 1. The van der Waals surface area contributed by atoms with Gasteiger partial charge in [-0.2, -0.15) is 10.5 Å². The standard InChI is InChI=1S/C17H13N3OS/c18-9-13-4-6-16(7-5-13)20-17(21)12-22-11-15-3-1-2-14(8-15)10-19/h1-8H,11-12H2,(H,20,21). The van der Waals surface area contributed by atoms with Crippen LogP contribution in [0.5, 0.6) is 0 Å². The van der Waals surface area contributed by atoms with Crippen LogP contribution >= 0.6 is 11.8 Å². The van der Waals surface area contributed by atoms with E-state index in [-0.39, 0.29) is 5.91 Å². The smallest absolute Gasteiger partial charge is 0.234 e. The SMILES string of the molecule is N#Cc1ccc(NC(=O)CSCc2cccc(C#N)c2)cc1. The predicted molar refractivity (Wildman–Crippen MR) is 87.1 cm³/mol. The summed E-state index contributed by atoms with van der Waals surface area (Å²) in [7, 11) is 0. The molecule has 0 aliphatic rings. The summed E-state index contributed by atoms with van der Waals surface area (Å²) in [5.74, 6) is 0.916. The van der Waals surface area contributed by atoms with Crippen LogP contribution in [-0.2, 0) is 10.5 Å². The van der Waals surface area contributed by atoms with Crippen molar-refractivity contribution in [1.29, 1.82) is 10.5 Å². The minimum absolute atomic E-state index is 0.0915. The van der Waals surface area contributed by atoms with E-state index in [1.165, 1.54) is 11.8 Å². The first-order chi connectivity index (χ1) is 10.7. The lowest BCUT2D eigenvalue weighted by Gasteiger charge is -2.05. The Hall–Kier alpha value is -2.76. The molecule has 2 aromatic carbocycles. The summed E-state index contributed by atoms with van der Waals surface area (Å²) < 4.78 is 0. The molecule has 0 saturated heterocycles. The Kier molecular flexibility index (Phi) is 5.59. The molecule has 0 unspecified atom stereocenters. The van der Waals surface area contributed by atoms with Gasteiger partial charge in [0.1, 0.15) is 0 Å². The predicted octanol–water partition coefficient (Wildman–Crippen LogP) is 3.30. The first kappa shape index (κ1) is 15.6. The molecular weight excluding hydrogens is 294 g/mol. The van der Waals surface area contributed by atoms with Crippen LogP contribution in [0.3, 0.4) is 0 Å². The van der Waals surface area contributed by atoms with Crippen molar-refractivity contribution in [2.45, 2.75) is 5.75 Å². The van der Waals surface area contributed by atoms with Crippen molar-refractivity contribution in [3.63, 3.8) is 0 Å². The first-order valence-corrected chi connectivity index (χ1v) is 7.73. The second-order valence-corrected chi connectivity index (χ2v) is 5.53. The van der Waals surface area contributed by atoms with E-state index in [0.717, 1.165) is 5.56 Å². The molecule has 0 radical (unpaired) electrons. The van der Waals surface area contributed by atoms with E-state index in [1.807, 2.05) is 24.3 Å². The lowest BCUT2D eigenvalue weighted by molar-refractivity contribution is -0.113. The number of nitrogens with one attached hydrogen (secondary N) is 1. The zero-order valence-corrected chi connectivity index (χ0v) is 12.6. The quantitative estimate of drug-likeness (QED) is 0.919. The van der Waals surface area contributed by atoms with Crippen molar-refractivity contribution in [2.75, 3.05) is 11.1 Å². The highest BCUT2D eigenvalue weighted by atomic mass is 32.2. The summed E-state index contributed by atoms with van der Waals surface area (Å²) in [6.07, 6.45) is 0. The fourth-order valence-electron chi connectivity index (χ4n) is 1.82. The van der Waals surface area contributed by atoms with Crippen molar-refractivity contribution in [3.8, 4) is 12.1 Å². The van der Waals surface area contributed by atoms with Crippen LogP contribution in [0, 0.1) is 22.7 Å². The average Bonchev–Trinajstić information content (AvgIpc) is 2.56. The summed E-state index contributed by atoms with van der Waals surface area (Å²) >= 11 is 1.49. The summed E-state index contributed by atoms with van der Waals surface area (Å²) in [5.41, 5.74) is 2.89. The number of carbonyl (C=O) groups excluding carboxylic acids is 1. The van der Waals surface area contributed by atoms with Crippen LogP contribution in [0.2, 0.25) is 0 Å². The highest BCUT2D eigenvalue weighted by Crippen LogP contribution is 2.15. The van der Waals surface area contributed by atoms with Crippen LogP contribution in [0.25, 0.3) is 0 Å². The van der Waals surface area contributed by atoms with Gasteiger partial charge in [0.15, 0.2) is 0 Å². The van der Waals surface area contributed by atoms with Gasteiger partial charge in [-0.3, -0.25) is 4.79 Å². The van der Waals surface area contributed by atoms with Crippen molar-refractivity contribution >= 4 is 23.4 Å². The highest BCUT2D eigenvalue weighted by molar-refractivity contribution is 7.99. The zero-order chi connectivity index (χ0) is 15.8. The van der Waals surface area contributed by atoms with Gasteiger partial charge in [0, 0.05) is 11.4 Å². The average molecular weight is 307 g/mol. The van der Waals surface area contributed by atoms with Gasteiger partial charge in [-0.1, -0.05) is 12.1 Å². The van der Waals surface area contributed by atoms with Crippen molar-refractivity contribution in [3.05, 3.63) is 65.2 Å². The Bertz CT molecular complexity index is 742. The molecule has 22 heavy (non-hydrogen) atoms. The van der Waals surface area contributed by atoms with Gasteiger partial charge in [0.05, 0.1) is 29.0 Å². The third kappa shape index (κ3) is 4.66. The van der Waals surface area contributed by atoms with Crippen molar-refractivity contribution in [1.82, 2.24) is 0 Å². The highest BCUT2D eigenvalue weighted by Gasteiger charge is 2.03. The van der Waals surface area contributed by atoms with Gasteiger partial charge in [0.25, 0.3) is 0 Å². The molecule has 4 nitrogen and oxygen atoms in total. The lowest BCUT2D eigenvalue weighted by atomic mass is 10.2. The maximum absolute atomic E-state index is 11.8. The molecule has 0 aromatic heterocycles. The Morgan fingerprint density at radius 2 is 1.77 bits per heavy atom. The minimum Gasteiger partial charge on any atom is -0.325 e. The number of benzene rings is 2. The molecule has 0 saturated carbocycles. The molecule has 0 bridgehead atoms. The number of hydrogen-bond donors (Lipinski definition) is 1. The molecule has 2 rings (SSSR count). The molecule has 2 aromatic rings. The van der Waals surface area contributed by atoms with Crippen LogP contribution < -0.4 is 5.32 Å². The van der Waals surface area contributed by atoms with E-state index in [4.69, 9.17) is 10.5 Å². The van der Waals surface area contributed by atoms with E-state index >= 15 is 0 Å². The molecule has 1 amide bonds. The Morgan fingerprint density at radius 1 is 1.05 bits per heavy atom. The van der Waals surface area contributed by atoms with Gasteiger partial charge in [-0.15, -0.1) is 11.8 Å². The lowest BCUT2D eigenvalue weighted by Crippen LogP contribution is -2.14. The number of nitriles is 2. The fraction of sp³-hybridized carbons (Fsp3) is 0.118. The number of anilines is 1. The summed E-state index contributed by atoms with van der Waals surface area (Å²) in [5, 5.41) is 20.3. The molecule has 0 spiro atoms. The van der Waals surface area contributed by atoms with Crippen LogP contribution in [0.15, 0.2) is 48.5 Å². The summed E-state index contributed by atoms with van der Waals surface area (Å²) in [6, 6.07) is 18.2. The van der Waals surface area contributed by atoms with E-state index in [9.17, 15) is 4.79 Å². The first-order valence-electron chi connectivity index (χ1n) is 6.58. The molecule has 108 valence electrons. The molecule has 0 atom stereocenters. The van der Waals surface area contributed by atoms with Gasteiger partial charge in [-0.25, -0.2) is 0 Å². The van der Waals surface area contributed by atoms with Crippen molar-refractivity contribution in [2.24, 2.45) is 0 Å². The van der Waals surface area contributed by atoms with E-state index in [2.05, 4.69) is 11.4 Å². The Morgan fingerprint density at radius 3 is 2.45 bits per heavy atom. The minimum atomic E-state index is -0.0915. The Labute approximate surface area is 133 Å². The van der Waals surface area contributed by atoms with Crippen LogP contribution in [0.1, 0.15) is 16.7 Å². The molecule has 1 N–H and O–H groups in total. The zero-order valence-electron chi connectivity index (χ0n) is 11.7. The number of nitrogens with zero attached hydrogens (tertiary/aromatic N) is 2. The molecule has 0 heterocycles. The fourth-order valence-corrected chi connectivity index (χ4v) is 2.59. The molecular formula is C17H13N3OS. The van der Waals surface area contributed by atoms with Gasteiger partial charge in [0.2, 0.25) is 5.91 Å². The van der Waals surface area contributed by atoms with Gasteiger partial charge in [-0.05, 0) is 42.0 Å². The second-order valence-electron chi connectivity index (χ2n) is 4.54. The van der Waals surface area contributed by atoms with E-state index < -0.39 is 0 Å². The topological polar surface area (TPSA) is 76.7 Å². The third-order valence-electron chi connectivity index (χ3n) is 2.86. The third-order valence-corrected chi connectivity index (χ3v) is 3.86. The largest absolute Gasteiger partial charge is 0.325 e. The number of carbonyl (C=O) groups is 1. The van der Waals surface area contributed by atoms with Crippen LogP contribution in [0.4, 0.5) is 5.69 Å². The summed E-state index contributed by atoms with van der Waals surface area (Å²) in [6.45, 7) is 0. The van der Waals surface area contributed by atoms with Gasteiger partial charge >= 0.3 is 0 Å². The second kappa shape index (κ2) is 7.87.